The molecule has 1 aliphatic rings. The van der Waals surface area contributed by atoms with Gasteiger partial charge in [0.15, 0.2) is 0 Å². The second-order valence-electron chi connectivity index (χ2n) is 9.72. The van der Waals surface area contributed by atoms with Crippen LogP contribution in [0.1, 0.15) is 22.3 Å². The molecule has 192 valence electrons. The van der Waals surface area contributed by atoms with Crippen molar-refractivity contribution in [3.05, 3.63) is 89.2 Å². The average molecular weight is 500 g/mol. The fourth-order valence-corrected chi connectivity index (χ4v) is 4.89. The predicted molar refractivity (Wildman–Crippen MR) is 144 cm³/mol. The summed E-state index contributed by atoms with van der Waals surface area (Å²) in [6.45, 7) is 5.71. The van der Waals surface area contributed by atoms with Crippen LogP contribution in [0.3, 0.4) is 0 Å². The van der Waals surface area contributed by atoms with E-state index >= 15 is 0 Å². The average Bonchev–Trinajstić information content (AvgIpc) is 3.32. The summed E-state index contributed by atoms with van der Waals surface area (Å²) in [6, 6.07) is 20.0. The Kier molecular flexibility index (Phi) is 7.55. The van der Waals surface area contributed by atoms with Crippen LogP contribution in [0.2, 0.25) is 0 Å². The number of carbonyl (C=O) groups is 1. The van der Waals surface area contributed by atoms with E-state index in [4.69, 9.17) is 14.9 Å². The molecule has 1 saturated heterocycles. The third kappa shape index (κ3) is 5.85. The molecule has 3 aromatic carbocycles. The number of hydrogen-bond donors (Lipinski definition) is 2. The van der Waals surface area contributed by atoms with E-state index in [2.05, 4.69) is 41.1 Å². The maximum absolute atomic E-state index is 11.3. The first-order valence-corrected chi connectivity index (χ1v) is 12.7. The van der Waals surface area contributed by atoms with E-state index < -0.39 is 5.97 Å². The van der Waals surface area contributed by atoms with Gasteiger partial charge in [0.05, 0.1) is 12.7 Å². The van der Waals surface area contributed by atoms with Gasteiger partial charge < -0.3 is 24.9 Å². The van der Waals surface area contributed by atoms with Crippen molar-refractivity contribution >= 4 is 16.9 Å². The molecule has 0 unspecified atom stereocenters. The summed E-state index contributed by atoms with van der Waals surface area (Å²) >= 11 is 0. The molecule has 0 amide bonds. The quantitative estimate of drug-likeness (QED) is 0.350. The molecule has 3 N–H and O–H groups in total. The Balaban J connectivity index is 1.49. The van der Waals surface area contributed by atoms with Crippen LogP contribution in [0.25, 0.3) is 22.1 Å². The molecule has 0 saturated carbocycles. The Morgan fingerprint density at radius 3 is 2.57 bits per heavy atom. The summed E-state index contributed by atoms with van der Waals surface area (Å²) in [7, 11) is 2.16. The van der Waals surface area contributed by atoms with Gasteiger partial charge in [0.2, 0.25) is 0 Å². The van der Waals surface area contributed by atoms with Crippen molar-refractivity contribution in [1.29, 1.82) is 0 Å². The van der Waals surface area contributed by atoms with Gasteiger partial charge >= 0.3 is 5.97 Å². The number of benzene rings is 3. The van der Waals surface area contributed by atoms with Gasteiger partial charge in [0.25, 0.3) is 0 Å². The number of hydrogen-bond acceptors (Lipinski definition) is 6. The molecule has 0 spiro atoms. The number of ether oxygens (including phenoxy) is 1. The minimum absolute atomic E-state index is 0.0842. The van der Waals surface area contributed by atoms with Gasteiger partial charge in [0, 0.05) is 61.3 Å². The van der Waals surface area contributed by atoms with Crippen LogP contribution in [0.5, 0.6) is 5.75 Å². The number of para-hydroxylation sites is 1. The van der Waals surface area contributed by atoms with E-state index in [-0.39, 0.29) is 13.0 Å². The molecule has 1 fully saturated rings. The summed E-state index contributed by atoms with van der Waals surface area (Å²) < 4.78 is 12.2. The number of nitrogens with two attached hydrogens (primary N) is 1. The second-order valence-corrected chi connectivity index (χ2v) is 9.72. The highest BCUT2D eigenvalue weighted by Gasteiger charge is 2.19. The van der Waals surface area contributed by atoms with Gasteiger partial charge in [0.1, 0.15) is 17.9 Å². The van der Waals surface area contributed by atoms with Crippen LogP contribution in [-0.4, -0.2) is 54.1 Å². The minimum atomic E-state index is -0.886. The van der Waals surface area contributed by atoms with E-state index in [1.807, 2.05) is 30.3 Å². The molecule has 0 aliphatic carbocycles. The fourth-order valence-electron chi connectivity index (χ4n) is 4.89. The van der Waals surface area contributed by atoms with E-state index in [0.717, 1.165) is 71.5 Å². The first kappa shape index (κ1) is 25.0. The van der Waals surface area contributed by atoms with Crippen molar-refractivity contribution in [2.24, 2.45) is 5.73 Å². The van der Waals surface area contributed by atoms with Gasteiger partial charge in [-0.05, 0) is 48.0 Å². The molecule has 7 nitrogen and oxygen atoms in total. The molecule has 4 aromatic rings. The minimum Gasteiger partial charge on any atom is -0.488 e. The Bertz CT molecular complexity index is 1390. The lowest BCUT2D eigenvalue weighted by molar-refractivity contribution is -0.136. The monoisotopic (exact) mass is 499 g/mol. The number of piperazine rings is 1. The van der Waals surface area contributed by atoms with Gasteiger partial charge in [-0.15, -0.1) is 0 Å². The first-order valence-electron chi connectivity index (χ1n) is 12.7. The molecule has 0 bridgehead atoms. The summed E-state index contributed by atoms with van der Waals surface area (Å²) in [6.07, 6.45) is 1.68. The summed E-state index contributed by atoms with van der Waals surface area (Å²) in [5.74, 6) is -0.313. The predicted octanol–water partition coefficient (Wildman–Crippen LogP) is 4.51. The van der Waals surface area contributed by atoms with Crippen LogP contribution in [-0.2, 0) is 30.9 Å². The number of nitrogens with zero attached hydrogens (tertiary/aromatic N) is 2. The molecule has 1 aromatic heterocycles. The number of aliphatic carboxylic acids is 1. The summed E-state index contributed by atoms with van der Waals surface area (Å²) in [4.78, 5) is 16.1. The fraction of sp³-hybridized carbons (Fsp3) is 0.300. The number of carboxylic acids is 1. The molecular weight excluding hydrogens is 466 g/mol. The lowest BCUT2D eigenvalue weighted by Gasteiger charge is -2.32. The first-order chi connectivity index (χ1) is 18.0. The third-order valence-corrected chi connectivity index (χ3v) is 7.01. The molecular formula is C30H33N3O4. The zero-order chi connectivity index (χ0) is 25.8. The Hall–Kier alpha value is -3.65. The SMILES string of the molecule is CN1CCN(Cc2cc(-c3cccc(CN)c3)cc3c(COc4ccccc4CC(=O)O)coc23)CC1. The maximum atomic E-state index is 11.3. The Labute approximate surface area is 217 Å². The van der Waals surface area contributed by atoms with Crippen molar-refractivity contribution in [2.45, 2.75) is 26.1 Å². The maximum Gasteiger partial charge on any atom is 0.307 e. The zero-order valence-corrected chi connectivity index (χ0v) is 21.2. The number of rotatable bonds is 9. The largest absolute Gasteiger partial charge is 0.488 e. The van der Waals surface area contributed by atoms with Gasteiger partial charge in [-0.25, -0.2) is 0 Å². The van der Waals surface area contributed by atoms with E-state index in [1.165, 1.54) is 0 Å². The molecule has 1 aliphatic heterocycles. The summed E-state index contributed by atoms with van der Waals surface area (Å²) in [5.41, 5.74) is 12.8. The van der Waals surface area contributed by atoms with Crippen LogP contribution >= 0.6 is 0 Å². The molecule has 5 rings (SSSR count). The molecule has 0 radical (unpaired) electrons. The number of carboxylic acid groups (broad SMARTS) is 1. The highest BCUT2D eigenvalue weighted by atomic mass is 16.5. The topological polar surface area (TPSA) is 92.2 Å². The van der Waals surface area contributed by atoms with Crippen molar-refractivity contribution in [3.8, 4) is 16.9 Å². The zero-order valence-electron chi connectivity index (χ0n) is 21.2. The van der Waals surface area contributed by atoms with Crippen LogP contribution in [0.15, 0.2) is 71.3 Å². The van der Waals surface area contributed by atoms with Crippen molar-refractivity contribution in [1.82, 2.24) is 9.80 Å². The van der Waals surface area contributed by atoms with Crippen LogP contribution in [0, 0.1) is 0 Å². The van der Waals surface area contributed by atoms with Crippen LogP contribution in [0.4, 0.5) is 0 Å². The van der Waals surface area contributed by atoms with Gasteiger partial charge in [-0.2, -0.15) is 0 Å². The smallest absolute Gasteiger partial charge is 0.307 e. The Morgan fingerprint density at radius 2 is 1.78 bits per heavy atom. The molecule has 7 heteroatoms. The number of fused-ring (bicyclic) bond motifs is 1. The van der Waals surface area contributed by atoms with E-state index in [1.54, 1.807) is 12.3 Å². The van der Waals surface area contributed by atoms with E-state index in [9.17, 15) is 9.90 Å². The lowest BCUT2D eigenvalue weighted by Crippen LogP contribution is -2.43. The normalized spacial score (nSPS) is 14.8. The molecule has 2 heterocycles. The highest BCUT2D eigenvalue weighted by Crippen LogP contribution is 2.33. The standard InChI is InChI=1S/C30H33N3O4/c1-32-9-11-33(12-10-32)18-25-14-24(22-7-4-5-21(13-22)17-31)15-27-26(20-37-30(25)27)19-36-28-8-3-2-6-23(28)16-29(34)35/h2-8,13-15,20H,9-12,16-19,31H2,1H3,(H,34,35). The summed E-state index contributed by atoms with van der Waals surface area (Å²) in [5, 5.41) is 10.3. The van der Waals surface area contributed by atoms with Crippen molar-refractivity contribution in [2.75, 3.05) is 33.2 Å². The number of furan rings is 1. The van der Waals surface area contributed by atoms with Gasteiger partial charge in [-0.3, -0.25) is 9.69 Å². The molecule has 37 heavy (non-hydrogen) atoms. The van der Waals surface area contributed by atoms with Crippen LogP contribution < -0.4 is 10.5 Å². The number of likely N-dealkylation sites (N-methyl/N-ethyl adjacent to an activating group) is 1. The second kappa shape index (κ2) is 11.2. The van der Waals surface area contributed by atoms with Gasteiger partial charge in [-0.1, -0.05) is 36.4 Å². The highest BCUT2D eigenvalue weighted by molar-refractivity contribution is 5.89. The Morgan fingerprint density at radius 1 is 0.973 bits per heavy atom. The van der Waals surface area contributed by atoms with E-state index in [0.29, 0.717) is 17.9 Å². The third-order valence-electron chi connectivity index (χ3n) is 7.01. The molecule has 0 atom stereocenters. The lowest BCUT2D eigenvalue weighted by atomic mass is 9.97. The van der Waals surface area contributed by atoms with Crippen molar-refractivity contribution < 1.29 is 19.1 Å². The van der Waals surface area contributed by atoms with Crippen molar-refractivity contribution in [3.63, 3.8) is 0 Å².